The number of aromatic nitrogens is 4. The molecule has 0 aliphatic heterocycles. The molecule has 4 heteroatoms. The Labute approximate surface area is 62.9 Å². The van der Waals surface area contributed by atoms with Gasteiger partial charge in [-0.2, -0.15) is 0 Å². The fourth-order valence-electron chi connectivity index (χ4n) is 0.797. The van der Waals surface area contributed by atoms with Crippen molar-refractivity contribution in [1.29, 1.82) is 0 Å². The van der Waals surface area contributed by atoms with Gasteiger partial charge in [-0.3, -0.25) is 0 Å². The number of hydrogen-bond acceptors (Lipinski definition) is 3. The fourth-order valence-corrected chi connectivity index (χ4v) is 0.797. The van der Waals surface area contributed by atoms with Crippen molar-refractivity contribution in [2.24, 2.45) is 0 Å². The van der Waals surface area contributed by atoms with Crippen LogP contribution in [0.15, 0.2) is 18.5 Å². The minimum atomic E-state index is 0.558. The summed E-state index contributed by atoms with van der Waals surface area (Å²) in [5.74, 6) is 2.41. The summed E-state index contributed by atoms with van der Waals surface area (Å²) in [6.45, 7) is 0. The van der Waals surface area contributed by atoms with Gasteiger partial charge in [0, 0.05) is 0 Å². The Bertz CT molecular complexity index is 423. The first-order valence-corrected chi connectivity index (χ1v) is 3.04. The molecule has 11 heavy (non-hydrogen) atoms. The van der Waals surface area contributed by atoms with Gasteiger partial charge in [0.2, 0.25) is 0 Å². The summed E-state index contributed by atoms with van der Waals surface area (Å²) >= 11 is 0. The monoisotopic (exact) mass is 144 g/mol. The lowest BCUT2D eigenvalue weighted by Gasteiger charge is -1.89. The summed E-state index contributed by atoms with van der Waals surface area (Å²) in [7, 11) is 0. The number of terminal acetylenes is 1. The average Bonchev–Trinajstić information content (AvgIpc) is 2.50. The topological polar surface area (TPSA) is 43.1 Å². The molecule has 0 N–H and O–H groups in total. The molecule has 2 aromatic rings. The van der Waals surface area contributed by atoms with Gasteiger partial charge in [-0.1, -0.05) is 0 Å². The molecule has 2 heterocycles. The maximum atomic E-state index is 5.14. The number of rotatable bonds is 0. The van der Waals surface area contributed by atoms with E-state index < -0.39 is 0 Å². The second-order valence-electron chi connectivity index (χ2n) is 1.97. The molecule has 0 unspecified atom stereocenters. The smallest absolute Gasteiger partial charge is 0.176 e. The highest BCUT2D eigenvalue weighted by Gasteiger charge is 1.94. The Balaban J connectivity index is 2.79. The lowest BCUT2D eigenvalue weighted by atomic mass is 10.4. The normalized spacial score (nSPS) is 9.73. The Morgan fingerprint density at radius 3 is 3.18 bits per heavy atom. The van der Waals surface area contributed by atoms with Crippen LogP contribution in [0, 0.1) is 12.3 Å². The van der Waals surface area contributed by atoms with E-state index in [-0.39, 0.29) is 0 Å². The van der Waals surface area contributed by atoms with Crippen LogP contribution in [-0.2, 0) is 0 Å². The summed E-state index contributed by atoms with van der Waals surface area (Å²) in [6.07, 6.45) is 6.57. The third-order valence-electron chi connectivity index (χ3n) is 1.30. The van der Waals surface area contributed by atoms with Crippen molar-refractivity contribution in [2.45, 2.75) is 0 Å². The Morgan fingerprint density at radius 2 is 2.36 bits per heavy atom. The van der Waals surface area contributed by atoms with Crippen molar-refractivity contribution in [3.05, 3.63) is 24.2 Å². The molecule has 4 nitrogen and oxygen atoms in total. The van der Waals surface area contributed by atoms with Crippen molar-refractivity contribution < 1.29 is 0 Å². The van der Waals surface area contributed by atoms with E-state index in [0.29, 0.717) is 11.3 Å². The van der Waals surface area contributed by atoms with Gasteiger partial charge in [0.25, 0.3) is 0 Å². The van der Waals surface area contributed by atoms with Crippen LogP contribution in [0.25, 0.3) is 5.65 Å². The van der Waals surface area contributed by atoms with Crippen LogP contribution in [0.5, 0.6) is 0 Å². The van der Waals surface area contributed by atoms with E-state index in [1.54, 1.807) is 12.1 Å². The molecule has 0 radical (unpaired) electrons. The largest absolute Gasteiger partial charge is 0.213 e. The van der Waals surface area contributed by atoms with Crippen LogP contribution in [-0.4, -0.2) is 19.8 Å². The van der Waals surface area contributed by atoms with E-state index in [1.807, 2.05) is 0 Å². The highest BCUT2D eigenvalue weighted by molar-refractivity contribution is 5.37. The van der Waals surface area contributed by atoms with Gasteiger partial charge in [0.1, 0.15) is 12.0 Å². The molecule has 0 saturated carbocycles. The van der Waals surface area contributed by atoms with Crippen LogP contribution in [0.1, 0.15) is 5.69 Å². The third kappa shape index (κ3) is 0.829. The average molecular weight is 144 g/mol. The molecular formula is C7H4N4. The Hall–Kier alpha value is -1.89. The molecule has 2 aromatic heterocycles. The first-order valence-electron chi connectivity index (χ1n) is 3.04. The maximum Gasteiger partial charge on any atom is 0.176 e. The van der Waals surface area contributed by atoms with Gasteiger partial charge in [-0.25, -0.2) is 4.98 Å². The van der Waals surface area contributed by atoms with Gasteiger partial charge < -0.3 is 0 Å². The molecule has 0 atom stereocenters. The third-order valence-corrected chi connectivity index (χ3v) is 1.30. The zero-order valence-corrected chi connectivity index (χ0v) is 5.60. The lowest BCUT2D eigenvalue weighted by molar-refractivity contribution is 0.793. The molecule has 0 spiro atoms. The molecule has 0 aliphatic rings. The Morgan fingerprint density at radius 1 is 1.45 bits per heavy atom. The first kappa shape index (κ1) is 5.86. The van der Waals surface area contributed by atoms with Gasteiger partial charge in [0.15, 0.2) is 5.65 Å². The van der Waals surface area contributed by atoms with E-state index in [9.17, 15) is 0 Å². The van der Waals surface area contributed by atoms with Crippen LogP contribution >= 0.6 is 0 Å². The van der Waals surface area contributed by atoms with Gasteiger partial charge >= 0.3 is 0 Å². The van der Waals surface area contributed by atoms with Crippen molar-refractivity contribution in [2.75, 3.05) is 0 Å². The highest BCUT2D eigenvalue weighted by atomic mass is 15.4. The predicted octanol–water partition coefficient (Wildman–Crippen LogP) is 0.106. The van der Waals surface area contributed by atoms with Crippen molar-refractivity contribution >= 4 is 5.65 Å². The van der Waals surface area contributed by atoms with Crippen LogP contribution in [0.2, 0.25) is 0 Å². The van der Waals surface area contributed by atoms with E-state index in [2.05, 4.69) is 21.1 Å². The molecule has 0 amide bonds. The molecule has 0 saturated heterocycles. The van der Waals surface area contributed by atoms with Crippen molar-refractivity contribution in [1.82, 2.24) is 19.8 Å². The summed E-state index contributed by atoms with van der Waals surface area (Å²) in [5, 5.41) is 7.79. The molecular weight excluding hydrogens is 140 g/mol. The quantitative estimate of drug-likeness (QED) is 0.493. The van der Waals surface area contributed by atoms with E-state index >= 15 is 0 Å². The van der Waals surface area contributed by atoms with Crippen LogP contribution < -0.4 is 0 Å². The van der Waals surface area contributed by atoms with Gasteiger partial charge in [-0.15, -0.1) is 21.3 Å². The van der Waals surface area contributed by atoms with Gasteiger partial charge in [0.05, 0.1) is 0 Å². The number of nitrogens with zero attached hydrogens (tertiary/aromatic N) is 4. The molecule has 0 aromatic carbocycles. The number of fused-ring (bicyclic) bond motifs is 1. The summed E-state index contributed by atoms with van der Waals surface area (Å²) in [6, 6.07) is 3.50. The first-order chi connectivity index (χ1) is 5.40. The zero-order valence-electron chi connectivity index (χ0n) is 5.60. The summed E-state index contributed by atoms with van der Waals surface area (Å²) in [5.41, 5.74) is 1.26. The second kappa shape index (κ2) is 2.06. The van der Waals surface area contributed by atoms with E-state index in [1.165, 1.54) is 11.0 Å². The maximum absolute atomic E-state index is 5.14. The lowest BCUT2D eigenvalue weighted by Crippen LogP contribution is -1.95. The molecule has 52 valence electrons. The molecule has 2 rings (SSSR count). The fraction of sp³-hybridized carbons (Fsp3) is 0. The van der Waals surface area contributed by atoms with Crippen molar-refractivity contribution in [3.63, 3.8) is 0 Å². The Kier molecular flexibility index (Phi) is 1.10. The van der Waals surface area contributed by atoms with E-state index in [0.717, 1.165) is 0 Å². The molecule has 0 bridgehead atoms. The second-order valence-corrected chi connectivity index (χ2v) is 1.97. The van der Waals surface area contributed by atoms with Crippen molar-refractivity contribution in [3.8, 4) is 12.3 Å². The van der Waals surface area contributed by atoms with Crippen LogP contribution in [0.3, 0.4) is 0 Å². The highest BCUT2D eigenvalue weighted by Crippen LogP contribution is 1.95. The minimum absolute atomic E-state index is 0.558. The summed E-state index contributed by atoms with van der Waals surface area (Å²) < 4.78 is 1.40. The molecule has 0 aliphatic carbocycles. The summed E-state index contributed by atoms with van der Waals surface area (Å²) in [4.78, 5) is 3.91. The SMILES string of the molecule is C#Cc1ccc2ncnn2n1. The predicted molar refractivity (Wildman–Crippen MR) is 38.7 cm³/mol. The standard InChI is InChI=1S/C7H4N4/c1-2-6-3-4-7-8-5-9-11(7)10-6/h1,3-5H. The van der Waals surface area contributed by atoms with Crippen LogP contribution in [0.4, 0.5) is 0 Å². The van der Waals surface area contributed by atoms with E-state index in [4.69, 9.17) is 6.42 Å². The van der Waals surface area contributed by atoms with Gasteiger partial charge in [-0.05, 0) is 18.1 Å². The minimum Gasteiger partial charge on any atom is -0.213 e. The zero-order chi connectivity index (χ0) is 7.68. The number of hydrogen-bond donors (Lipinski definition) is 0. The molecule has 0 fully saturated rings.